The van der Waals surface area contributed by atoms with Gasteiger partial charge >= 0.3 is 0 Å². The number of nitrogens with two attached hydrogens (primary N) is 1. The molecule has 3 nitrogen and oxygen atoms in total. The summed E-state index contributed by atoms with van der Waals surface area (Å²) in [6.07, 6.45) is 3.02. The number of hydrogen-bond donors (Lipinski definition) is 1. The third kappa shape index (κ3) is 3.28. The molecule has 1 aromatic heterocycles. The summed E-state index contributed by atoms with van der Waals surface area (Å²) in [6.45, 7) is 2.04. The number of aromatic nitrogens is 2. The summed E-state index contributed by atoms with van der Waals surface area (Å²) in [4.78, 5) is 0. The normalized spacial score (nSPS) is 11.8. The molecule has 20 heavy (non-hydrogen) atoms. The Morgan fingerprint density at radius 3 is 2.75 bits per heavy atom. The van der Waals surface area contributed by atoms with Crippen LogP contribution in [0.1, 0.15) is 30.9 Å². The maximum absolute atomic E-state index is 13.2. The van der Waals surface area contributed by atoms with Gasteiger partial charge in [0.1, 0.15) is 0 Å². The predicted octanol–water partition coefficient (Wildman–Crippen LogP) is 4.81. The van der Waals surface area contributed by atoms with Crippen LogP contribution in [-0.2, 0) is 6.42 Å². The Morgan fingerprint density at radius 1 is 1.45 bits per heavy atom. The first kappa shape index (κ1) is 15.6. The van der Waals surface area contributed by atoms with Crippen LogP contribution < -0.4 is 5.73 Å². The van der Waals surface area contributed by atoms with E-state index in [0.717, 1.165) is 18.4 Å². The summed E-state index contributed by atoms with van der Waals surface area (Å²) in [5.74, 6) is 0. The molecular weight excluding hydrogens is 394 g/mol. The number of halogens is 3. The minimum Gasteiger partial charge on any atom is -0.398 e. The molecule has 1 atom stereocenters. The van der Waals surface area contributed by atoms with Crippen LogP contribution >= 0.6 is 28.4 Å². The number of hydrogen-bond acceptors (Lipinski definition) is 2. The third-order valence-electron chi connectivity index (χ3n) is 3.05. The van der Waals surface area contributed by atoms with Gasteiger partial charge in [-0.3, -0.25) is 0 Å². The van der Waals surface area contributed by atoms with Crippen molar-refractivity contribution in [3.05, 3.63) is 35.7 Å². The summed E-state index contributed by atoms with van der Waals surface area (Å²) in [5.41, 5.74) is 8.43. The Balaban J connectivity index is 2.55. The summed E-state index contributed by atoms with van der Waals surface area (Å²) >= 11 is 2.19. The topological polar surface area (TPSA) is 43.8 Å². The van der Waals surface area contributed by atoms with Gasteiger partial charge in [-0.2, -0.15) is 5.10 Å². The van der Waals surface area contributed by atoms with E-state index in [-0.39, 0.29) is 5.56 Å². The monoisotopic (exact) mass is 409 g/mol. The highest BCUT2D eigenvalue weighted by Crippen LogP contribution is 2.36. The van der Waals surface area contributed by atoms with E-state index in [0.29, 0.717) is 23.2 Å². The number of nitrogen functional groups attached to an aromatic ring is 1. The van der Waals surface area contributed by atoms with Crippen molar-refractivity contribution in [2.45, 2.75) is 26.2 Å². The van der Waals surface area contributed by atoms with E-state index in [1.54, 1.807) is 22.9 Å². The second-order valence-corrected chi connectivity index (χ2v) is 6.52. The highest BCUT2D eigenvalue weighted by Gasteiger charge is 2.18. The molecule has 108 valence electrons. The van der Waals surface area contributed by atoms with E-state index in [1.807, 2.05) is 6.92 Å². The quantitative estimate of drug-likeness (QED) is 0.438. The molecule has 7 heteroatoms. The summed E-state index contributed by atoms with van der Waals surface area (Å²) in [6, 6.07) is 3.17. The van der Waals surface area contributed by atoms with Gasteiger partial charge in [0.2, 0.25) is 0 Å². The minimum atomic E-state index is -2.55. The molecule has 2 rings (SSSR count). The number of rotatable bonds is 5. The Bertz CT molecular complexity index is 601. The molecule has 1 heterocycles. The highest BCUT2D eigenvalue weighted by molar-refractivity contribution is 14.2. The SMILES string of the molecule is CCCc1cc(-c2cnn(PI)c2)c(C(F)F)cc1N. The maximum Gasteiger partial charge on any atom is 0.264 e. The zero-order valence-electron chi connectivity index (χ0n) is 10.9. The fourth-order valence-corrected chi connectivity index (χ4v) is 3.18. The van der Waals surface area contributed by atoms with Crippen molar-refractivity contribution in [3.63, 3.8) is 0 Å². The van der Waals surface area contributed by atoms with Gasteiger partial charge in [0.05, 0.1) is 12.6 Å². The van der Waals surface area contributed by atoms with Crippen LogP contribution in [0, 0.1) is 0 Å². The molecule has 0 aliphatic heterocycles. The minimum absolute atomic E-state index is 0.0290. The average Bonchev–Trinajstić information content (AvgIpc) is 2.89. The van der Waals surface area contributed by atoms with Gasteiger partial charge < -0.3 is 5.73 Å². The lowest BCUT2D eigenvalue weighted by molar-refractivity contribution is 0.152. The maximum atomic E-state index is 13.2. The molecule has 0 spiro atoms. The molecule has 0 aliphatic carbocycles. The Morgan fingerprint density at radius 2 is 2.20 bits per heavy atom. The standard InChI is InChI=1S/C13H15F2IN3P/c1-2-3-8-4-10(9-6-18-19(7-9)20-16)11(13(14)15)5-12(8)17/h4-7,13,20H,2-3,17H2,1H3. The molecule has 0 amide bonds. The summed E-state index contributed by atoms with van der Waals surface area (Å²) in [7, 11) is 0. The van der Waals surface area contributed by atoms with E-state index in [1.165, 1.54) is 6.07 Å². The molecule has 0 radical (unpaired) electrons. The van der Waals surface area contributed by atoms with E-state index >= 15 is 0 Å². The van der Waals surface area contributed by atoms with E-state index in [2.05, 4.69) is 27.1 Å². The lowest BCUT2D eigenvalue weighted by Crippen LogP contribution is -1.99. The van der Waals surface area contributed by atoms with Crippen molar-refractivity contribution in [1.82, 2.24) is 9.55 Å². The van der Waals surface area contributed by atoms with Crippen LogP contribution in [0.15, 0.2) is 24.5 Å². The van der Waals surface area contributed by atoms with Gasteiger partial charge in [-0.15, -0.1) is 0 Å². The average molecular weight is 409 g/mol. The van der Waals surface area contributed by atoms with Crippen molar-refractivity contribution in [2.24, 2.45) is 0 Å². The van der Waals surface area contributed by atoms with Crippen molar-refractivity contribution < 1.29 is 8.78 Å². The summed E-state index contributed by atoms with van der Waals surface area (Å²) in [5, 5.41) is 4.15. The lowest BCUT2D eigenvalue weighted by Gasteiger charge is -2.12. The zero-order chi connectivity index (χ0) is 14.7. The number of benzene rings is 1. The van der Waals surface area contributed by atoms with Crippen LogP contribution in [0.3, 0.4) is 0 Å². The van der Waals surface area contributed by atoms with Crippen LogP contribution in [0.2, 0.25) is 0 Å². The van der Waals surface area contributed by atoms with Gasteiger partial charge in [-0.25, -0.2) is 13.2 Å². The van der Waals surface area contributed by atoms with Gasteiger partial charge in [0.25, 0.3) is 6.43 Å². The van der Waals surface area contributed by atoms with E-state index in [9.17, 15) is 8.78 Å². The van der Waals surface area contributed by atoms with Gasteiger partial charge in [0, 0.05) is 23.0 Å². The molecule has 0 bridgehead atoms. The van der Waals surface area contributed by atoms with Crippen molar-refractivity contribution in [1.29, 1.82) is 0 Å². The molecule has 2 aromatic rings. The van der Waals surface area contributed by atoms with E-state index in [4.69, 9.17) is 5.73 Å². The molecule has 1 unspecified atom stereocenters. The number of alkyl halides is 2. The first-order chi connectivity index (χ1) is 9.56. The van der Waals surface area contributed by atoms with Crippen LogP contribution in [0.5, 0.6) is 0 Å². The van der Waals surface area contributed by atoms with Gasteiger partial charge in [-0.05, 0) is 51.7 Å². The van der Waals surface area contributed by atoms with Crippen molar-refractivity contribution in [2.75, 3.05) is 5.73 Å². The van der Waals surface area contributed by atoms with Crippen LogP contribution in [0.25, 0.3) is 11.1 Å². The molecule has 0 saturated carbocycles. The zero-order valence-corrected chi connectivity index (χ0v) is 14.1. The molecule has 0 fully saturated rings. The second kappa shape index (κ2) is 6.80. The Labute approximate surface area is 131 Å². The predicted molar refractivity (Wildman–Crippen MR) is 88.8 cm³/mol. The highest BCUT2D eigenvalue weighted by atomic mass is 127. The smallest absolute Gasteiger partial charge is 0.264 e. The number of anilines is 1. The molecule has 2 N–H and O–H groups in total. The third-order valence-corrected chi connectivity index (χ3v) is 4.95. The van der Waals surface area contributed by atoms with Crippen molar-refractivity contribution in [3.8, 4) is 11.1 Å². The van der Waals surface area contributed by atoms with Crippen LogP contribution in [0.4, 0.5) is 14.5 Å². The van der Waals surface area contributed by atoms with Gasteiger partial charge in [0.15, 0.2) is 0 Å². The fourth-order valence-electron chi connectivity index (χ4n) is 2.10. The molecular formula is C13H15F2IN3P. The Kier molecular flexibility index (Phi) is 5.32. The van der Waals surface area contributed by atoms with Crippen molar-refractivity contribution >= 4 is 34.1 Å². The number of aryl methyl sites for hydroxylation is 1. The van der Waals surface area contributed by atoms with E-state index < -0.39 is 6.43 Å². The Hall–Kier alpha value is -0.750. The fraction of sp³-hybridized carbons (Fsp3) is 0.308. The lowest BCUT2D eigenvalue weighted by atomic mass is 9.96. The second-order valence-electron chi connectivity index (χ2n) is 4.45. The molecule has 0 aliphatic rings. The number of nitrogens with zero attached hydrogens (tertiary/aromatic N) is 2. The molecule has 1 aromatic carbocycles. The van der Waals surface area contributed by atoms with Gasteiger partial charge in [-0.1, -0.05) is 13.3 Å². The largest absolute Gasteiger partial charge is 0.398 e. The first-order valence-corrected chi connectivity index (χ1v) is 10.2. The summed E-state index contributed by atoms with van der Waals surface area (Å²) < 4.78 is 28.2. The van der Waals surface area contributed by atoms with Crippen LogP contribution in [-0.4, -0.2) is 9.55 Å². The first-order valence-electron chi connectivity index (χ1n) is 6.19. The molecule has 0 saturated heterocycles.